The van der Waals surface area contributed by atoms with Gasteiger partial charge < -0.3 is 9.84 Å². The van der Waals surface area contributed by atoms with E-state index in [2.05, 4.69) is 0 Å². The van der Waals surface area contributed by atoms with Gasteiger partial charge in [0, 0.05) is 5.56 Å². The number of carbonyl (C=O) groups excluding carboxylic acids is 2. The number of rotatable bonds is 4. The highest BCUT2D eigenvalue weighted by molar-refractivity contribution is 5.99. The average molecular weight is 270 g/mol. The van der Waals surface area contributed by atoms with Gasteiger partial charge >= 0.3 is 5.97 Å². The summed E-state index contributed by atoms with van der Waals surface area (Å²) in [5, 5.41) is 9.67. The van der Waals surface area contributed by atoms with Crippen LogP contribution in [0.1, 0.15) is 33.2 Å². The number of hydrogen-bond donors (Lipinski definition) is 1. The lowest BCUT2D eigenvalue weighted by Gasteiger charge is -2.07. The first-order valence-electron chi connectivity index (χ1n) is 6.13. The standard InChI is InChI=1S/C16H14O4/c1-11(17)13-7-8-15(18)14(9-13)16(19)20-10-12-5-3-2-4-6-12/h2-9,18H,10H2,1H3. The Morgan fingerprint density at radius 3 is 2.45 bits per heavy atom. The molecule has 0 aliphatic carbocycles. The van der Waals surface area contributed by atoms with Gasteiger partial charge in [0.1, 0.15) is 17.9 Å². The van der Waals surface area contributed by atoms with E-state index in [9.17, 15) is 14.7 Å². The van der Waals surface area contributed by atoms with Crippen LogP contribution in [0, 0.1) is 0 Å². The Hall–Kier alpha value is -2.62. The van der Waals surface area contributed by atoms with E-state index >= 15 is 0 Å². The van der Waals surface area contributed by atoms with Gasteiger partial charge in [-0.3, -0.25) is 4.79 Å². The molecule has 0 spiro atoms. The lowest BCUT2D eigenvalue weighted by atomic mass is 10.1. The predicted molar refractivity (Wildman–Crippen MR) is 73.7 cm³/mol. The summed E-state index contributed by atoms with van der Waals surface area (Å²) in [4.78, 5) is 23.2. The fourth-order valence-corrected chi connectivity index (χ4v) is 1.72. The first-order valence-corrected chi connectivity index (χ1v) is 6.13. The molecule has 0 fully saturated rings. The van der Waals surface area contributed by atoms with Crippen LogP contribution in [0.5, 0.6) is 5.75 Å². The van der Waals surface area contributed by atoms with Gasteiger partial charge in [-0.25, -0.2) is 4.79 Å². The largest absolute Gasteiger partial charge is 0.507 e. The quantitative estimate of drug-likeness (QED) is 0.685. The van der Waals surface area contributed by atoms with Crippen LogP contribution in [0.4, 0.5) is 0 Å². The SMILES string of the molecule is CC(=O)c1ccc(O)c(C(=O)OCc2ccccc2)c1. The van der Waals surface area contributed by atoms with Crippen LogP contribution in [0.15, 0.2) is 48.5 Å². The van der Waals surface area contributed by atoms with Crippen molar-refractivity contribution in [3.8, 4) is 5.75 Å². The Balaban J connectivity index is 2.13. The molecule has 2 aromatic rings. The van der Waals surface area contributed by atoms with E-state index in [-0.39, 0.29) is 23.7 Å². The van der Waals surface area contributed by atoms with Crippen molar-refractivity contribution >= 4 is 11.8 Å². The molecule has 0 aliphatic heterocycles. The monoisotopic (exact) mass is 270 g/mol. The molecular weight excluding hydrogens is 256 g/mol. The number of hydrogen-bond acceptors (Lipinski definition) is 4. The molecule has 0 amide bonds. The molecule has 102 valence electrons. The molecule has 0 unspecified atom stereocenters. The maximum absolute atomic E-state index is 11.9. The number of phenolic OH excluding ortho intramolecular Hbond substituents is 1. The topological polar surface area (TPSA) is 63.6 Å². The van der Waals surface area contributed by atoms with Crippen LogP contribution in [-0.2, 0) is 11.3 Å². The fraction of sp³-hybridized carbons (Fsp3) is 0.125. The van der Waals surface area contributed by atoms with E-state index in [0.29, 0.717) is 5.56 Å². The highest BCUT2D eigenvalue weighted by Crippen LogP contribution is 2.20. The van der Waals surface area contributed by atoms with E-state index in [1.807, 2.05) is 30.3 Å². The molecule has 4 nitrogen and oxygen atoms in total. The highest BCUT2D eigenvalue weighted by Gasteiger charge is 2.15. The zero-order chi connectivity index (χ0) is 14.5. The summed E-state index contributed by atoms with van der Waals surface area (Å²) in [6, 6.07) is 13.3. The zero-order valence-corrected chi connectivity index (χ0v) is 11.0. The van der Waals surface area contributed by atoms with Gasteiger partial charge in [0.2, 0.25) is 0 Å². The molecule has 0 saturated carbocycles. The first kappa shape index (κ1) is 13.8. The van der Waals surface area contributed by atoms with Crippen LogP contribution >= 0.6 is 0 Å². The van der Waals surface area contributed by atoms with Crippen LogP contribution in [0.25, 0.3) is 0 Å². The third-order valence-corrected chi connectivity index (χ3v) is 2.84. The van der Waals surface area contributed by atoms with Crippen molar-refractivity contribution in [2.24, 2.45) is 0 Å². The second-order valence-electron chi connectivity index (χ2n) is 4.35. The molecule has 0 saturated heterocycles. The van der Waals surface area contributed by atoms with E-state index in [0.717, 1.165) is 5.56 Å². The van der Waals surface area contributed by atoms with Crippen molar-refractivity contribution in [2.45, 2.75) is 13.5 Å². The molecule has 0 aromatic heterocycles. The molecule has 0 radical (unpaired) electrons. The fourth-order valence-electron chi connectivity index (χ4n) is 1.72. The molecule has 0 heterocycles. The number of esters is 1. The smallest absolute Gasteiger partial charge is 0.342 e. The van der Waals surface area contributed by atoms with Crippen LogP contribution < -0.4 is 0 Å². The summed E-state index contributed by atoms with van der Waals surface area (Å²) in [7, 11) is 0. The van der Waals surface area contributed by atoms with Crippen LogP contribution in [0.3, 0.4) is 0 Å². The number of carbonyl (C=O) groups is 2. The normalized spacial score (nSPS) is 10.1. The predicted octanol–water partition coefficient (Wildman–Crippen LogP) is 2.95. The van der Waals surface area contributed by atoms with Gasteiger partial charge in [-0.2, -0.15) is 0 Å². The van der Waals surface area contributed by atoms with E-state index < -0.39 is 5.97 Å². The van der Waals surface area contributed by atoms with Crippen molar-refractivity contribution < 1.29 is 19.4 Å². The summed E-state index contributed by atoms with van der Waals surface area (Å²) in [6.45, 7) is 1.51. The number of ether oxygens (including phenoxy) is 1. The van der Waals surface area contributed by atoms with Crippen molar-refractivity contribution in [2.75, 3.05) is 0 Å². The zero-order valence-electron chi connectivity index (χ0n) is 11.0. The highest BCUT2D eigenvalue weighted by atomic mass is 16.5. The third kappa shape index (κ3) is 3.23. The lowest BCUT2D eigenvalue weighted by Crippen LogP contribution is -2.07. The molecule has 2 rings (SSSR count). The van der Waals surface area contributed by atoms with E-state index in [1.54, 1.807) is 0 Å². The first-order chi connectivity index (χ1) is 9.58. The maximum Gasteiger partial charge on any atom is 0.342 e. The summed E-state index contributed by atoms with van der Waals surface area (Å²) in [5.74, 6) is -1.04. The third-order valence-electron chi connectivity index (χ3n) is 2.84. The van der Waals surface area contributed by atoms with Crippen molar-refractivity contribution in [1.29, 1.82) is 0 Å². The van der Waals surface area contributed by atoms with E-state index in [1.165, 1.54) is 25.1 Å². The average Bonchev–Trinajstić information content (AvgIpc) is 2.46. The van der Waals surface area contributed by atoms with Crippen molar-refractivity contribution in [1.82, 2.24) is 0 Å². The van der Waals surface area contributed by atoms with Crippen LogP contribution in [-0.4, -0.2) is 16.9 Å². The number of Topliss-reactive ketones (excluding diaryl/α,β-unsaturated/α-hetero) is 1. The Morgan fingerprint density at radius 1 is 1.10 bits per heavy atom. The van der Waals surface area contributed by atoms with Gasteiger partial charge in [0.15, 0.2) is 5.78 Å². The molecular formula is C16H14O4. The summed E-state index contributed by atoms with van der Waals surface area (Å²) in [6.07, 6.45) is 0. The Kier molecular flexibility index (Phi) is 4.15. The van der Waals surface area contributed by atoms with Gasteiger partial charge in [-0.05, 0) is 30.7 Å². The minimum Gasteiger partial charge on any atom is -0.507 e. The minimum atomic E-state index is -0.658. The summed E-state index contributed by atoms with van der Waals surface area (Å²) in [5.41, 5.74) is 1.20. The molecule has 0 aliphatic rings. The molecule has 0 bridgehead atoms. The second kappa shape index (κ2) is 6.02. The van der Waals surface area contributed by atoms with Gasteiger partial charge in [0.25, 0.3) is 0 Å². The number of ketones is 1. The number of benzene rings is 2. The molecule has 4 heteroatoms. The van der Waals surface area contributed by atoms with Gasteiger partial charge in [-0.15, -0.1) is 0 Å². The van der Waals surface area contributed by atoms with Crippen molar-refractivity contribution in [3.63, 3.8) is 0 Å². The van der Waals surface area contributed by atoms with Gasteiger partial charge in [0.05, 0.1) is 0 Å². The number of phenols is 1. The van der Waals surface area contributed by atoms with E-state index in [4.69, 9.17) is 4.74 Å². The molecule has 2 aromatic carbocycles. The van der Waals surface area contributed by atoms with Gasteiger partial charge in [-0.1, -0.05) is 30.3 Å². The minimum absolute atomic E-state index is 0.00590. The molecule has 20 heavy (non-hydrogen) atoms. The Labute approximate surface area is 116 Å². The van der Waals surface area contributed by atoms with Crippen LogP contribution in [0.2, 0.25) is 0 Å². The Morgan fingerprint density at radius 2 is 1.80 bits per heavy atom. The summed E-state index contributed by atoms with van der Waals surface area (Å²) >= 11 is 0. The summed E-state index contributed by atoms with van der Waals surface area (Å²) < 4.78 is 5.12. The maximum atomic E-state index is 11.9. The molecule has 1 N–H and O–H groups in total. The van der Waals surface area contributed by atoms with Crippen molar-refractivity contribution in [3.05, 3.63) is 65.2 Å². The number of aromatic hydroxyl groups is 1. The second-order valence-corrected chi connectivity index (χ2v) is 4.35. The Bertz CT molecular complexity index is 632. The lowest BCUT2D eigenvalue weighted by molar-refractivity contribution is 0.0469. The molecule has 0 atom stereocenters.